The lowest BCUT2D eigenvalue weighted by atomic mass is 10.0. The summed E-state index contributed by atoms with van der Waals surface area (Å²) < 4.78 is 0. The van der Waals surface area contributed by atoms with Gasteiger partial charge in [-0.3, -0.25) is 4.98 Å². The summed E-state index contributed by atoms with van der Waals surface area (Å²) in [5, 5.41) is 13.0. The fraction of sp³-hybridized carbons (Fsp3) is 0.167. The highest BCUT2D eigenvalue weighted by Crippen LogP contribution is 2.36. The zero-order valence-electron chi connectivity index (χ0n) is 12.4. The number of rotatable bonds is 3. The second-order valence-corrected chi connectivity index (χ2v) is 6.99. The van der Waals surface area contributed by atoms with Crippen LogP contribution in [0.1, 0.15) is 19.5 Å². The van der Waals surface area contributed by atoms with Crippen molar-refractivity contribution >= 4 is 22.9 Å². The molecule has 1 N–H and O–H groups in total. The molecule has 0 aliphatic rings. The third-order valence-electron chi connectivity index (χ3n) is 3.46. The summed E-state index contributed by atoms with van der Waals surface area (Å²) in [4.78, 5) is 5.37. The Kier molecular flexibility index (Phi) is 4.04. The summed E-state index contributed by atoms with van der Waals surface area (Å²) in [5.41, 5.74) is 2.90. The van der Waals surface area contributed by atoms with Crippen LogP contribution < -0.4 is 0 Å². The van der Waals surface area contributed by atoms with E-state index < -0.39 is 5.60 Å². The van der Waals surface area contributed by atoms with Crippen molar-refractivity contribution in [1.29, 1.82) is 0 Å². The van der Waals surface area contributed by atoms with Crippen LogP contribution in [0, 0.1) is 0 Å². The third kappa shape index (κ3) is 3.07. The van der Waals surface area contributed by atoms with Crippen molar-refractivity contribution in [2.24, 2.45) is 0 Å². The predicted molar refractivity (Wildman–Crippen MR) is 93.2 cm³/mol. The molecule has 22 heavy (non-hydrogen) atoms. The van der Waals surface area contributed by atoms with Crippen molar-refractivity contribution in [2.75, 3.05) is 0 Å². The Morgan fingerprint density at radius 1 is 1.09 bits per heavy atom. The first-order chi connectivity index (χ1) is 10.4. The maximum Gasteiger partial charge on any atom is 0.101 e. The molecule has 0 saturated carbocycles. The fourth-order valence-corrected chi connectivity index (χ4v) is 3.49. The summed E-state index contributed by atoms with van der Waals surface area (Å²) in [5.74, 6) is 0. The van der Waals surface area contributed by atoms with Crippen molar-refractivity contribution in [2.45, 2.75) is 19.4 Å². The van der Waals surface area contributed by atoms with Gasteiger partial charge in [0.15, 0.2) is 0 Å². The number of halogens is 1. The molecule has 1 aromatic carbocycles. The van der Waals surface area contributed by atoms with Crippen molar-refractivity contribution in [3.05, 3.63) is 64.8 Å². The standard InChI is InChI=1S/C18H16ClNOS/c1-18(2,21)17-10-12(7-8-20-17)13-9-16(22-11-13)14-5-3-4-6-15(14)19/h3-11,21H,1-2H3. The summed E-state index contributed by atoms with van der Waals surface area (Å²) in [7, 11) is 0. The number of pyridine rings is 1. The molecule has 2 heterocycles. The lowest BCUT2D eigenvalue weighted by Crippen LogP contribution is -2.17. The van der Waals surface area contributed by atoms with E-state index in [1.807, 2.05) is 36.4 Å². The van der Waals surface area contributed by atoms with E-state index in [-0.39, 0.29) is 0 Å². The molecule has 0 atom stereocenters. The number of aromatic nitrogens is 1. The van der Waals surface area contributed by atoms with Gasteiger partial charge in [0.1, 0.15) is 5.60 Å². The van der Waals surface area contributed by atoms with Crippen molar-refractivity contribution in [3.8, 4) is 21.6 Å². The van der Waals surface area contributed by atoms with Gasteiger partial charge >= 0.3 is 0 Å². The first-order valence-electron chi connectivity index (χ1n) is 6.98. The van der Waals surface area contributed by atoms with E-state index in [0.717, 1.165) is 26.6 Å². The lowest BCUT2D eigenvalue weighted by Gasteiger charge is -2.16. The average molecular weight is 330 g/mol. The van der Waals surface area contributed by atoms with E-state index in [1.54, 1.807) is 31.4 Å². The zero-order valence-corrected chi connectivity index (χ0v) is 13.9. The summed E-state index contributed by atoms with van der Waals surface area (Å²) in [6, 6.07) is 13.8. The van der Waals surface area contributed by atoms with Gasteiger partial charge in [0, 0.05) is 21.7 Å². The van der Waals surface area contributed by atoms with Crippen LogP contribution in [0.4, 0.5) is 0 Å². The molecule has 0 unspecified atom stereocenters. The molecular weight excluding hydrogens is 314 g/mol. The van der Waals surface area contributed by atoms with Crippen molar-refractivity contribution < 1.29 is 5.11 Å². The van der Waals surface area contributed by atoms with Crippen LogP contribution in [-0.2, 0) is 5.60 Å². The van der Waals surface area contributed by atoms with Gasteiger partial charge in [0.05, 0.1) is 5.69 Å². The Labute approximate surface area is 139 Å². The van der Waals surface area contributed by atoms with E-state index >= 15 is 0 Å². The van der Waals surface area contributed by atoms with Gasteiger partial charge < -0.3 is 5.11 Å². The van der Waals surface area contributed by atoms with Gasteiger partial charge in [0.2, 0.25) is 0 Å². The molecule has 0 amide bonds. The molecule has 0 aliphatic heterocycles. The maximum absolute atomic E-state index is 10.1. The SMILES string of the molecule is CC(C)(O)c1cc(-c2csc(-c3ccccc3Cl)c2)ccn1. The molecule has 4 heteroatoms. The minimum absolute atomic E-state index is 0.662. The van der Waals surface area contributed by atoms with Gasteiger partial charge in [-0.05, 0) is 54.6 Å². The molecule has 2 nitrogen and oxygen atoms in total. The molecule has 0 radical (unpaired) electrons. The predicted octanol–water partition coefficient (Wildman–Crippen LogP) is 5.36. The maximum atomic E-state index is 10.1. The molecular formula is C18H16ClNOS. The van der Waals surface area contributed by atoms with E-state index in [1.165, 1.54) is 0 Å². The fourth-order valence-electron chi connectivity index (χ4n) is 2.23. The first-order valence-corrected chi connectivity index (χ1v) is 8.23. The first kappa shape index (κ1) is 15.2. The Bertz CT molecular complexity index is 805. The van der Waals surface area contributed by atoms with Crippen LogP contribution in [0.2, 0.25) is 5.02 Å². The van der Waals surface area contributed by atoms with Crippen molar-refractivity contribution in [3.63, 3.8) is 0 Å². The molecule has 0 bridgehead atoms. The van der Waals surface area contributed by atoms with Crippen LogP contribution in [-0.4, -0.2) is 10.1 Å². The largest absolute Gasteiger partial charge is 0.384 e. The minimum Gasteiger partial charge on any atom is -0.384 e. The summed E-state index contributed by atoms with van der Waals surface area (Å²) in [6.07, 6.45) is 1.73. The number of hydrogen-bond acceptors (Lipinski definition) is 3. The second kappa shape index (κ2) is 5.84. The minimum atomic E-state index is -0.947. The topological polar surface area (TPSA) is 33.1 Å². The van der Waals surface area contributed by atoms with Crippen LogP contribution in [0.5, 0.6) is 0 Å². The highest BCUT2D eigenvalue weighted by molar-refractivity contribution is 7.14. The van der Waals surface area contributed by atoms with Crippen LogP contribution in [0.25, 0.3) is 21.6 Å². The van der Waals surface area contributed by atoms with E-state index in [2.05, 4.69) is 16.4 Å². The second-order valence-electron chi connectivity index (χ2n) is 5.67. The third-order valence-corrected chi connectivity index (χ3v) is 4.75. The Balaban J connectivity index is 2.00. The number of hydrogen-bond donors (Lipinski definition) is 1. The van der Waals surface area contributed by atoms with Gasteiger partial charge in [-0.2, -0.15) is 0 Å². The number of aliphatic hydroxyl groups is 1. The molecule has 112 valence electrons. The Hall–Kier alpha value is -1.68. The average Bonchev–Trinajstić information content (AvgIpc) is 2.97. The van der Waals surface area contributed by atoms with Gasteiger partial charge in [0.25, 0.3) is 0 Å². The zero-order chi connectivity index (χ0) is 15.7. The highest BCUT2D eigenvalue weighted by Gasteiger charge is 2.18. The van der Waals surface area contributed by atoms with Gasteiger partial charge in [-0.25, -0.2) is 0 Å². The summed E-state index contributed by atoms with van der Waals surface area (Å²) >= 11 is 7.92. The molecule has 3 aromatic rings. The number of nitrogens with zero attached hydrogens (tertiary/aromatic N) is 1. The quantitative estimate of drug-likeness (QED) is 0.701. The number of thiophene rings is 1. The molecule has 0 fully saturated rings. The molecule has 2 aromatic heterocycles. The smallest absolute Gasteiger partial charge is 0.101 e. The monoisotopic (exact) mass is 329 g/mol. The van der Waals surface area contributed by atoms with Gasteiger partial charge in [-0.1, -0.05) is 29.8 Å². The van der Waals surface area contributed by atoms with E-state index in [4.69, 9.17) is 11.6 Å². The van der Waals surface area contributed by atoms with Crippen LogP contribution >= 0.6 is 22.9 Å². The van der Waals surface area contributed by atoms with Crippen LogP contribution in [0.15, 0.2) is 54.0 Å². The lowest BCUT2D eigenvalue weighted by molar-refractivity contribution is 0.0739. The van der Waals surface area contributed by atoms with Crippen molar-refractivity contribution in [1.82, 2.24) is 4.98 Å². The Morgan fingerprint density at radius 2 is 1.86 bits per heavy atom. The molecule has 0 spiro atoms. The highest BCUT2D eigenvalue weighted by atomic mass is 35.5. The van der Waals surface area contributed by atoms with E-state index in [0.29, 0.717) is 5.69 Å². The van der Waals surface area contributed by atoms with E-state index in [9.17, 15) is 5.11 Å². The van der Waals surface area contributed by atoms with Gasteiger partial charge in [-0.15, -0.1) is 11.3 Å². The molecule has 0 saturated heterocycles. The molecule has 3 rings (SSSR count). The molecule has 0 aliphatic carbocycles. The number of benzene rings is 1. The normalized spacial score (nSPS) is 11.6. The van der Waals surface area contributed by atoms with Crippen LogP contribution in [0.3, 0.4) is 0 Å². The Morgan fingerprint density at radius 3 is 2.59 bits per heavy atom. The summed E-state index contributed by atoms with van der Waals surface area (Å²) in [6.45, 7) is 3.48.